The molecule has 4 aromatic rings. The zero-order valence-electron chi connectivity index (χ0n) is 18.5. The van der Waals surface area contributed by atoms with Crippen LogP contribution >= 0.6 is 0 Å². The summed E-state index contributed by atoms with van der Waals surface area (Å²) in [5.74, 6) is 0.263. The van der Waals surface area contributed by atoms with Crippen LogP contribution in [0.3, 0.4) is 0 Å². The molecule has 1 aromatic carbocycles. The molecule has 2 amide bonds. The fraction of sp³-hybridized carbons (Fsp3) is 0.167. The Hall–Kier alpha value is -4.27. The lowest BCUT2D eigenvalue weighted by Crippen LogP contribution is -2.20. The van der Waals surface area contributed by atoms with Gasteiger partial charge in [0.25, 0.3) is 0 Å². The number of aromatic nitrogens is 4. The maximum absolute atomic E-state index is 15.0. The van der Waals surface area contributed by atoms with Crippen molar-refractivity contribution in [3.8, 4) is 22.8 Å². The molecule has 0 atom stereocenters. The second kappa shape index (κ2) is 9.47. The van der Waals surface area contributed by atoms with Crippen molar-refractivity contribution >= 4 is 17.4 Å². The summed E-state index contributed by atoms with van der Waals surface area (Å²) in [6.45, 7) is 3.58. The smallest absolute Gasteiger partial charge is 0.323 e. The SMILES string of the molecule is CCc1cncc(NC(=O)Nc2ccc(Oc3ccnc(-c4cnn(C)c4)c3)c(C)c2F)c1. The summed E-state index contributed by atoms with van der Waals surface area (Å²) in [6.07, 6.45) is 9.22. The van der Waals surface area contributed by atoms with Crippen molar-refractivity contribution in [1.29, 1.82) is 0 Å². The monoisotopic (exact) mass is 446 g/mol. The number of hydrogen-bond donors (Lipinski definition) is 2. The van der Waals surface area contributed by atoms with Crippen molar-refractivity contribution in [3.63, 3.8) is 0 Å². The molecule has 9 heteroatoms. The summed E-state index contributed by atoms with van der Waals surface area (Å²) >= 11 is 0. The molecule has 0 saturated carbocycles. The Morgan fingerprint density at radius 1 is 1.15 bits per heavy atom. The number of urea groups is 1. The van der Waals surface area contributed by atoms with Gasteiger partial charge in [0.1, 0.15) is 11.5 Å². The number of halogens is 1. The molecule has 3 aromatic heterocycles. The molecule has 2 N–H and O–H groups in total. The van der Waals surface area contributed by atoms with E-state index in [0.29, 0.717) is 22.9 Å². The van der Waals surface area contributed by atoms with Crippen LogP contribution in [0.5, 0.6) is 11.5 Å². The number of hydrogen-bond acceptors (Lipinski definition) is 5. The molecule has 0 aliphatic heterocycles. The van der Waals surface area contributed by atoms with Crippen LogP contribution in [0, 0.1) is 12.7 Å². The lowest BCUT2D eigenvalue weighted by Gasteiger charge is -2.14. The summed E-state index contributed by atoms with van der Waals surface area (Å²) in [4.78, 5) is 20.7. The minimum atomic E-state index is -0.579. The molecule has 4 rings (SSSR count). The van der Waals surface area contributed by atoms with Gasteiger partial charge in [-0.3, -0.25) is 14.6 Å². The van der Waals surface area contributed by atoms with Gasteiger partial charge in [0.2, 0.25) is 0 Å². The fourth-order valence-corrected chi connectivity index (χ4v) is 3.22. The molecule has 0 radical (unpaired) electrons. The molecular weight excluding hydrogens is 423 g/mol. The van der Waals surface area contributed by atoms with Gasteiger partial charge in [0, 0.05) is 42.8 Å². The number of nitrogens with one attached hydrogen (secondary N) is 2. The molecule has 0 unspecified atom stereocenters. The lowest BCUT2D eigenvalue weighted by atomic mass is 10.1. The first-order chi connectivity index (χ1) is 15.9. The second-order valence-corrected chi connectivity index (χ2v) is 7.45. The number of anilines is 2. The van der Waals surface area contributed by atoms with Gasteiger partial charge in [-0.15, -0.1) is 0 Å². The normalized spacial score (nSPS) is 10.7. The average Bonchev–Trinajstić information content (AvgIpc) is 3.25. The first-order valence-corrected chi connectivity index (χ1v) is 10.4. The molecule has 3 heterocycles. The van der Waals surface area contributed by atoms with Gasteiger partial charge in [0.15, 0.2) is 5.82 Å². The highest BCUT2D eigenvalue weighted by molar-refractivity contribution is 5.99. The van der Waals surface area contributed by atoms with Gasteiger partial charge >= 0.3 is 6.03 Å². The number of carbonyl (C=O) groups is 1. The van der Waals surface area contributed by atoms with Crippen LogP contribution in [0.25, 0.3) is 11.3 Å². The van der Waals surface area contributed by atoms with E-state index >= 15 is 0 Å². The quantitative estimate of drug-likeness (QED) is 0.418. The third-order valence-electron chi connectivity index (χ3n) is 5.01. The second-order valence-electron chi connectivity index (χ2n) is 7.45. The van der Waals surface area contributed by atoms with E-state index < -0.39 is 11.8 Å². The number of aryl methyl sites for hydroxylation is 2. The van der Waals surface area contributed by atoms with Crippen molar-refractivity contribution in [2.75, 3.05) is 10.6 Å². The van der Waals surface area contributed by atoms with E-state index in [1.165, 1.54) is 12.3 Å². The predicted octanol–water partition coefficient (Wildman–Crippen LogP) is 5.32. The maximum atomic E-state index is 15.0. The third-order valence-corrected chi connectivity index (χ3v) is 5.01. The molecule has 0 saturated heterocycles. The zero-order valence-corrected chi connectivity index (χ0v) is 18.5. The zero-order chi connectivity index (χ0) is 23.4. The van der Waals surface area contributed by atoms with E-state index in [9.17, 15) is 9.18 Å². The highest BCUT2D eigenvalue weighted by Crippen LogP contribution is 2.31. The van der Waals surface area contributed by atoms with Crippen molar-refractivity contribution in [2.45, 2.75) is 20.3 Å². The number of rotatable bonds is 6. The van der Waals surface area contributed by atoms with Gasteiger partial charge < -0.3 is 15.4 Å². The van der Waals surface area contributed by atoms with Crippen LogP contribution in [0.2, 0.25) is 0 Å². The summed E-state index contributed by atoms with van der Waals surface area (Å²) in [5.41, 5.74) is 3.36. The fourth-order valence-electron chi connectivity index (χ4n) is 3.22. The minimum Gasteiger partial charge on any atom is -0.457 e. The van der Waals surface area contributed by atoms with E-state index in [-0.39, 0.29) is 11.3 Å². The first kappa shape index (κ1) is 21.9. The molecule has 0 aliphatic rings. The number of ether oxygens (including phenoxy) is 1. The maximum Gasteiger partial charge on any atom is 0.323 e. The lowest BCUT2D eigenvalue weighted by molar-refractivity contribution is 0.262. The van der Waals surface area contributed by atoms with Crippen LogP contribution in [0.15, 0.2) is 61.3 Å². The van der Waals surface area contributed by atoms with Crippen molar-refractivity contribution in [3.05, 3.63) is 78.3 Å². The van der Waals surface area contributed by atoms with Crippen LogP contribution in [-0.2, 0) is 13.5 Å². The van der Waals surface area contributed by atoms with Crippen LogP contribution in [0.1, 0.15) is 18.1 Å². The van der Waals surface area contributed by atoms with Gasteiger partial charge in [-0.05, 0) is 43.2 Å². The van der Waals surface area contributed by atoms with Gasteiger partial charge in [-0.25, -0.2) is 9.18 Å². The van der Waals surface area contributed by atoms with Crippen molar-refractivity contribution < 1.29 is 13.9 Å². The molecular formula is C24H23FN6O2. The van der Waals surface area contributed by atoms with E-state index in [0.717, 1.165) is 17.5 Å². The Morgan fingerprint density at radius 3 is 2.76 bits per heavy atom. The molecule has 8 nitrogen and oxygen atoms in total. The number of nitrogens with zero attached hydrogens (tertiary/aromatic N) is 4. The number of carbonyl (C=O) groups excluding carboxylic acids is 1. The largest absolute Gasteiger partial charge is 0.457 e. The Morgan fingerprint density at radius 2 is 2.00 bits per heavy atom. The van der Waals surface area contributed by atoms with E-state index in [1.54, 1.807) is 48.4 Å². The summed E-state index contributed by atoms with van der Waals surface area (Å²) in [5, 5.41) is 9.34. The molecule has 0 aliphatic carbocycles. The van der Waals surface area contributed by atoms with E-state index in [4.69, 9.17) is 4.74 Å². The highest BCUT2D eigenvalue weighted by atomic mass is 19.1. The Labute approximate surface area is 190 Å². The van der Waals surface area contributed by atoms with E-state index in [1.807, 2.05) is 26.2 Å². The van der Waals surface area contributed by atoms with Crippen LogP contribution < -0.4 is 15.4 Å². The van der Waals surface area contributed by atoms with Crippen LogP contribution in [-0.4, -0.2) is 25.8 Å². The average molecular weight is 446 g/mol. The molecule has 0 fully saturated rings. The molecule has 0 spiro atoms. The van der Waals surface area contributed by atoms with Crippen molar-refractivity contribution in [2.24, 2.45) is 7.05 Å². The molecule has 33 heavy (non-hydrogen) atoms. The minimum absolute atomic E-state index is 0.0442. The summed E-state index contributed by atoms with van der Waals surface area (Å²) in [7, 11) is 1.82. The molecule has 168 valence electrons. The Bertz CT molecular complexity index is 1300. The van der Waals surface area contributed by atoms with Gasteiger partial charge in [-0.1, -0.05) is 6.92 Å². The topological polar surface area (TPSA) is 94.0 Å². The predicted molar refractivity (Wildman–Crippen MR) is 124 cm³/mol. The Balaban J connectivity index is 1.47. The van der Waals surface area contributed by atoms with Gasteiger partial charge in [0.05, 0.1) is 29.5 Å². The molecule has 0 bridgehead atoms. The number of amides is 2. The van der Waals surface area contributed by atoms with E-state index in [2.05, 4.69) is 25.7 Å². The number of benzene rings is 1. The number of pyridine rings is 2. The van der Waals surface area contributed by atoms with Crippen molar-refractivity contribution in [1.82, 2.24) is 19.7 Å². The summed E-state index contributed by atoms with van der Waals surface area (Å²) in [6, 6.07) is 7.77. The van der Waals surface area contributed by atoms with Gasteiger partial charge in [-0.2, -0.15) is 5.10 Å². The Kier molecular flexibility index (Phi) is 6.30. The standard InChI is InChI=1S/C24H23FN6O2/c1-4-16-9-18(13-26-11-16)29-24(32)30-20-5-6-22(15(2)23(20)25)33-19-7-8-27-21(10-19)17-12-28-31(3)14-17/h5-14H,4H2,1-3H3,(H2,29,30,32). The first-order valence-electron chi connectivity index (χ1n) is 10.4. The third kappa shape index (κ3) is 5.15. The highest BCUT2D eigenvalue weighted by Gasteiger charge is 2.15. The summed E-state index contributed by atoms with van der Waals surface area (Å²) < 4.78 is 22.6. The van der Waals surface area contributed by atoms with Crippen LogP contribution in [0.4, 0.5) is 20.6 Å².